The zero-order chi connectivity index (χ0) is 57.8. The molecule has 3 aromatic carbocycles. The maximum Gasteiger partial charge on any atom is 0.301 e. The van der Waals surface area contributed by atoms with E-state index in [1.54, 1.807) is 74.1 Å². The van der Waals surface area contributed by atoms with Crippen LogP contribution in [0.4, 0.5) is 18.9 Å². The van der Waals surface area contributed by atoms with Crippen LogP contribution in [0.15, 0.2) is 84.6 Å². The number of halogens is 3. The zero-order valence-corrected chi connectivity index (χ0v) is 46.8. The van der Waals surface area contributed by atoms with Crippen LogP contribution in [-0.2, 0) is 50.1 Å². The second-order valence-electron chi connectivity index (χ2n) is 20.5. The molecule has 8 rings (SSSR count). The van der Waals surface area contributed by atoms with Crippen molar-refractivity contribution in [2.75, 3.05) is 83.8 Å². The summed E-state index contributed by atoms with van der Waals surface area (Å²) in [6.07, 6.45) is 0.622. The number of carbonyl (C=O) groups is 4. The number of aliphatic hydroxyl groups is 1. The number of aryl methyl sites for hydroxylation is 1. The number of ether oxygens (including phenoxy) is 5. The Morgan fingerprint density at radius 2 is 1.53 bits per heavy atom. The molecule has 2 aliphatic heterocycles. The first kappa shape index (κ1) is 60.3. The molecule has 2 fully saturated rings. The molecule has 20 nitrogen and oxygen atoms in total. The molecule has 2 saturated heterocycles. The average molecular weight is 1160 g/mol. The molecule has 6 aromatic rings. The predicted octanol–water partition coefficient (Wildman–Crippen LogP) is 6.13. The second-order valence-corrected chi connectivity index (χ2v) is 23.0. The molecule has 0 bridgehead atoms. The molecule has 0 radical (unpaired) electrons. The number of carbonyl (C=O) groups excluding carboxylic acids is 4. The zero-order valence-electron chi connectivity index (χ0n) is 45.2. The SMILES string of the molecule is Cc1ncsc1-c1ccc(CNC(=O)[C@@H]2C[C@@H](O)CN2C(=O)[C@@H](NC(=O)COCCOCCOCCOCCOc2ccc(-c3cnc4[nH]cc(C(=O)c5c(F)ccc(NS(=O)(=O)N6CC[C@@H](F)C6)c5F)c4c3)cc2)C(C)(C)C)cc1. The van der Waals surface area contributed by atoms with Crippen molar-refractivity contribution in [2.24, 2.45) is 5.41 Å². The largest absolute Gasteiger partial charge is 0.491 e. The smallest absolute Gasteiger partial charge is 0.301 e. The van der Waals surface area contributed by atoms with E-state index in [1.807, 2.05) is 35.9 Å². The van der Waals surface area contributed by atoms with Gasteiger partial charge in [-0.15, -0.1) is 11.3 Å². The summed E-state index contributed by atoms with van der Waals surface area (Å²) in [6, 6.07) is 16.2. The van der Waals surface area contributed by atoms with Gasteiger partial charge < -0.3 is 49.3 Å². The van der Waals surface area contributed by atoms with Gasteiger partial charge in [-0.05, 0) is 65.8 Å². The van der Waals surface area contributed by atoms with Gasteiger partial charge in [0.15, 0.2) is 5.82 Å². The van der Waals surface area contributed by atoms with Crippen LogP contribution in [0.3, 0.4) is 0 Å². The number of anilines is 1. The van der Waals surface area contributed by atoms with Crippen molar-refractivity contribution < 1.29 is 69.6 Å². The second kappa shape index (κ2) is 27.3. The Balaban J connectivity index is 0.685. The lowest BCUT2D eigenvalue weighted by Gasteiger charge is -2.35. The average Bonchev–Trinajstić information content (AvgIpc) is 4.28. The van der Waals surface area contributed by atoms with Crippen LogP contribution in [0.1, 0.15) is 60.8 Å². The number of thiazole rings is 1. The number of benzene rings is 3. The molecule has 0 unspecified atom stereocenters. The third kappa shape index (κ3) is 15.6. The molecule has 5 heterocycles. The first-order valence-electron chi connectivity index (χ1n) is 26.3. The van der Waals surface area contributed by atoms with Crippen LogP contribution in [0.5, 0.6) is 5.75 Å². The van der Waals surface area contributed by atoms with Crippen LogP contribution in [0.2, 0.25) is 0 Å². The van der Waals surface area contributed by atoms with Crippen molar-refractivity contribution >= 4 is 61.8 Å². The number of nitrogens with one attached hydrogen (secondary N) is 4. The Kier molecular flexibility index (Phi) is 20.3. The van der Waals surface area contributed by atoms with Crippen molar-refractivity contribution in [3.63, 3.8) is 0 Å². The summed E-state index contributed by atoms with van der Waals surface area (Å²) < 4.78 is 101. The fourth-order valence-corrected chi connectivity index (χ4v) is 11.3. The molecule has 25 heteroatoms. The van der Waals surface area contributed by atoms with E-state index < -0.39 is 92.9 Å². The minimum Gasteiger partial charge on any atom is -0.491 e. The monoisotopic (exact) mass is 1160 g/mol. The number of amides is 3. The molecule has 81 heavy (non-hydrogen) atoms. The van der Waals surface area contributed by atoms with Gasteiger partial charge in [0.25, 0.3) is 0 Å². The van der Waals surface area contributed by atoms with Gasteiger partial charge in [0, 0.05) is 61.5 Å². The van der Waals surface area contributed by atoms with Gasteiger partial charge in [-0.25, -0.2) is 23.1 Å². The van der Waals surface area contributed by atoms with Crippen molar-refractivity contribution in [3.8, 4) is 27.3 Å². The van der Waals surface area contributed by atoms with E-state index >= 15 is 8.78 Å². The van der Waals surface area contributed by atoms with Gasteiger partial charge in [0.05, 0.1) is 79.7 Å². The lowest BCUT2D eigenvalue weighted by atomic mass is 9.85. The number of pyridine rings is 1. The Hall–Kier alpha value is -6.84. The molecule has 4 atom stereocenters. The van der Waals surface area contributed by atoms with E-state index in [1.165, 1.54) is 11.1 Å². The topological polar surface area (TPSA) is 253 Å². The van der Waals surface area contributed by atoms with Gasteiger partial charge in [-0.3, -0.25) is 23.9 Å². The molecule has 0 aliphatic carbocycles. The molecule has 3 amide bonds. The van der Waals surface area contributed by atoms with Crippen molar-refractivity contribution in [1.82, 2.24) is 34.8 Å². The van der Waals surface area contributed by atoms with Gasteiger partial charge >= 0.3 is 10.2 Å². The summed E-state index contributed by atoms with van der Waals surface area (Å²) in [5.41, 5.74) is 3.75. The van der Waals surface area contributed by atoms with E-state index in [9.17, 15) is 37.1 Å². The highest BCUT2D eigenvalue weighted by Crippen LogP contribution is 2.32. The van der Waals surface area contributed by atoms with Crippen molar-refractivity contribution in [1.29, 1.82) is 0 Å². The van der Waals surface area contributed by atoms with Crippen LogP contribution >= 0.6 is 11.3 Å². The molecule has 2 aliphatic rings. The Bertz CT molecular complexity index is 3270. The molecule has 3 aromatic heterocycles. The molecule has 0 spiro atoms. The number of fused-ring (bicyclic) bond motifs is 1. The number of ketones is 1. The van der Waals surface area contributed by atoms with E-state index in [4.69, 9.17) is 23.7 Å². The van der Waals surface area contributed by atoms with Gasteiger partial charge in [-0.1, -0.05) is 57.2 Å². The number of aromatic amines is 1. The van der Waals surface area contributed by atoms with Crippen LogP contribution < -0.4 is 20.1 Å². The van der Waals surface area contributed by atoms with E-state index in [-0.39, 0.29) is 95.3 Å². The number of aliphatic hydroxyl groups excluding tert-OH is 1. The van der Waals surface area contributed by atoms with Crippen LogP contribution in [0.25, 0.3) is 32.6 Å². The fourth-order valence-electron chi connectivity index (χ4n) is 9.20. The third-order valence-corrected chi connectivity index (χ3v) is 16.0. The minimum absolute atomic E-state index is 0.0156. The summed E-state index contributed by atoms with van der Waals surface area (Å²) in [6.45, 7) is 8.70. The third-order valence-electron chi connectivity index (χ3n) is 13.5. The first-order chi connectivity index (χ1) is 38.8. The highest BCUT2D eigenvalue weighted by Gasteiger charge is 2.44. The number of alkyl halides is 1. The Labute approximate surface area is 470 Å². The van der Waals surface area contributed by atoms with Gasteiger partial charge in [0.1, 0.15) is 48.7 Å². The normalized spacial score (nSPS) is 17.1. The quantitative estimate of drug-likeness (QED) is 0.0288. The number of rotatable bonds is 27. The summed E-state index contributed by atoms with van der Waals surface area (Å²) in [4.78, 5) is 68.0. The summed E-state index contributed by atoms with van der Waals surface area (Å²) in [5.74, 6) is -4.50. The van der Waals surface area contributed by atoms with E-state index in [0.717, 1.165) is 38.1 Å². The van der Waals surface area contributed by atoms with Gasteiger partial charge in [-0.2, -0.15) is 12.7 Å². The van der Waals surface area contributed by atoms with Crippen molar-refractivity contribution in [2.45, 2.75) is 71.4 Å². The van der Waals surface area contributed by atoms with Gasteiger partial charge in [0.2, 0.25) is 23.5 Å². The highest BCUT2D eigenvalue weighted by atomic mass is 32.2. The molecule has 0 saturated carbocycles. The maximum atomic E-state index is 15.7. The summed E-state index contributed by atoms with van der Waals surface area (Å²) in [7, 11) is -4.38. The lowest BCUT2D eigenvalue weighted by Crippen LogP contribution is -2.58. The number of β-amino-alcohol motifs (C(OH)–C–C–N with tert-alkyl or cyclic N) is 1. The minimum atomic E-state index is -4.38. The van der Waals surface area contributed by atoms with Crippen molar-refractivity contribution in [3.05, 3.63) is 119 Å². The fraction of sp³-hybridized carbons (Fsp3) is 0.429. The number of aromatic nitrogens is 3. The Morgan fingerprint density at radius 3 is 2.17 bits per heavy atom. The van der Waals surface area contributed by atoms with E-state index in [2.05, 4.69) is 25.6 Å². The molecular weight excluding hydrogens is 1100 g/mol. The first-order valence-corrected chi connectivity index (χ1v) is 28.6. The molecular formula is C56H65F3N8O12S2. The highest BCUT2D eigenvalue weighted by molar-refractivity contribution is 7.90. The summed E-state index contributed by atoms with van der Waals surface area (Å²) in [5, 5.41) is 16.5. The number of hydrogen-bond acceptors (Lipinski definition) is 15. The predicted molar refractivity (Wildman–Crippen MR) is 295 cm³/mol. The number of H-pyrrole nitrogens is 1. The van der Waals surface area contributed by atoms with E-state index in [0.29, 0.717) is 30.1 Å². The maximum absolute atomic E-state index is 15.7. The summed E-state index contributed by atoms with van der Waals surface area (Å²) >= 11 is 1.56. The lowest BCUT2D eigenvalue weighted by molar-refractivity contribution is -0.144. The molecule has 434 valence electrons. The Morgan fingerprint density at radius 1 is 0.864 bits per heavy atom. The number of hydrogen-bond donors (Lipinski definition) is 5. The molecule has 5 N–H and O–H groups in total. The van der Waals surface area contributed by atoms with Crippen LogP contribution in [-0.4, -0.2) is 165 Å². The number of likely N-dealkylation sites (tertiary alicyclic amines) is 1. The standard InChI is InChI=1S/C56H65F3N8O12S2/c1-34-51(80-33-63-34)37-7-5-35(6-8-37)27-62-54(71)46-26-40(68)31-67(46)55(72)52(56(2,3)4)64-47(69)32-78-22-21-76-18-17-75-19-20-77-23-24-79-41-11-9-36(10-12-41)38-25-42-43(29-61-53(42)60-28-38)50(70)48-44(58)13-14-45(49(48)59)65-81(73,74)66-16-15-39(57)30-66/h5-14,25,28-29,33,39-40,46,52,65,68H,15-24,26-27,30-32H2,1-4H3,(H,60,61)(H,62,71)(H,64,69)/t39-,40-,46+,52-/m1/s1. The van der Waals surface area contributed by atoms with Crippen LogP contribution in [0, 0.1) is 24.0 Å². The number of nitrogens with zero attached hydrogens (tertiary/aromatic N) is 4.